The number of nitrogens with zero attached hydrogens (tertiary/aromatic N) is 3. The molecular formula is C15H16Cl2N3O3S-. The average Bonchev–Trinajstić information content (AvgIpc) is 3.14. The van der Waals surface area contributed by atoms with Gasteiger partial charge in [0, 0.05) is 11.4 Å². The van der Waals surface area contributed by atoms with Crippen LogP contribution in [0.2, 0.25) is 5.02 Å². The molecule has 2 unspecified atom stereocenters. The third-order valence-corrected chi connectivity index (χ3v) is 5.91. The Bertz CT molecular complexity index is 766. The molecule has 1 saturated carbocycles. The molecule has 1 aliphatic carbocycles. The third kappa shape index (κ3) is 3.65. The van der Waals surface area contributed by atoms with E-state index in [4.69, 9.17) is 23.2 Å². The van der Waals surface area contributed by atoms with Gasteiger partial charge >= 0.3 is 0 Å². The summed E-state index contributed by atoms with van der Waals surface area (Å²) in [7, 11) is 0. The van der Waals surface area contributed by atoms with E-state index in [9.17, 15) is 13.9 Å². The maximum absolute atomic E-state index is 11.3. The minimum absolute atomic E-state index is 0.0499. The molecule has 1 heterocycles. The maximum Gasteiger partial charge on any atom is 0.138 e. The number of hydrogen-bond acceptors (Lipinski definition) is 5. The standard InChI is InChI=1S/C15H17Cl2N3O3S/c16-12-4-2-1-3-11(12)7-15(21,14(17)5-6-14)9-20-13(8-24(22)23)18-10-19-20/h1-4,10,21H,5-9H2,(H,22,23)/p-1. The van der Waals surface area contributed by atoms with E-state index in [0.29, 0.717) is 17.9 Å². The first kappa shape index (κ1) is 17.8. The van der Waals surface area contributed by atoms with Crippen LogP contribution in [-0.4, -0.2) is 39.1 Å². The number of aliphatic hydroxyl groups is 1. The van der Waals surface area contributed by atoms with Gasteiger partial charge in [0.15, 0.2) is 0 Å². The monoisotopic (exact) mass is 388 g/mol. The molecule has 1 fully saturated rings. The fraction of sp³-hybridized carbons (Fsp3) is 0.467. The summed E-state index contributed by atoms with van der Waals surface area (Å²) < 4.78 is 23.3. The predicted octanol–water partition coefficient (Wildman–Crippen LogP) is 2.06. The Kier molecular flexibility index (Phi) is 4.99. The zero-order chi connectivity index (χ0) is 17.4. The van der Waals surface area contributed by atoms with Gasteiger partial charge in [-0.25, -0.2) is 9.67 Å². The van der Waals surface area contributed by atoms with E-state index in [0.717, 1.165) is 5.56 Å². The minimum Gasteiger partial charge on any atom is -0.772 e. The van der Waals surface area contributed by atoms with E-state index in [1.54, 1.807) is 6.07 Å². The molecule has 2 atom stereocenters. The Labute approximate surface area is 152 Å². The van der Waals surface area contributed by atoms with Crippen LogP contribution in [0.1, 0.15) is 24.2 Å². The summed E-state index contributed by atoms with van der Waals surface area (Å²) in [5, 5.41) is 15.9. The highest BCUT2D eigenvalue weighted by atomic mass is 35.5. The molecule has 0 aliphatic heterocycles. The minimum atomic E-state index is -2.29. The Hall–Kier alpha value is -0.990. The zero-order valence-corrected chi connectivity index (χ0v) is 15.0. The summed E-state index contributed by atoms with van der Waals surface area (Å²) in [5.41, 5.74) is -0.533. The van der Waals surface area contributed by atoms with Crippen molar-refractivity contribution < 1.29 is 13.9 Å². The van der Waals surface area contributed by atoms with Crippen molar-refractivity contribution in [2.45, 2.75) is 42.0 Å². The number of hydrogen-bond donors (Lipinski definition) is 1. The lowest BCUT2D eigenvalue weighted by Gasteiger charge is -2.33. The van der Waals surface area contributed by atoms with Crippen molar-refractivity contribution >= 4 is 34.3 Å². The molecule has 1 N–H and O–H groups in total. The molecule has 0 radical (unpaired) electrons. The summed E-state index contributed by atoms with van der Waals surface area (Å²) in [6.07, 6.45) is 2.86. The summed E-state index contributed by atoms with van der Waals surface area (Å²) in [6, 6.07) is 7.26. The van der Waals surface area contributed by atoms with Crippen molar-refractivity contribution in [1.29, 1.82) is 0 Å². The molecule has 1 aromatic heterocycles. The largest absolute Gasteiger partial charge is 0.772 e. The molecule has 2 aromatic rings. The first-order chi connectivity index (χ1) is 11.3. The molecule has 0 spiro atoms. The van der Waals surface area contributed by atoms with Crippen LogP contribution in [0.25, 0.3) is 0 Å². The average molecular weight is 389 g/mol. The van der Waals surface area contributed by atoms with E-state index < -0.39 is 21.6 Å². The SMILES string of the molecule is O=S([O-])Cc1ncnn1CC(O)(Cc1ccccc1Cl)C1(Cl)CC1. The second-order valence-electron chi connectivity index (χ2n) is 6.05. The topological polar surface area (TPSA) is 91.1 Å². The van der Waals surface area contributed by atoms with Crippen LogP contribution in [0, 0.1) is 0 Å². The number of benzene rings is 1. The molecule has 0 saturated heterocycles. The normalized spacial score (nSPS) is 19.7. The van der Waals surface area contributed by atoms with Crippen molar-refractivity contribution in [3.05, 3.63) is 47.0 Å². The third-order valence-electron chi connectivity index (χ3n) is 4.32. The van der Waals surface area contributed by atoms with E-state index in [-0.39, 0.29) is 24.5 Å². The molecular weight excluding hydrogens is 373 g/mol. The molecule has 0 amide bonds. The molecule has 1 aliphatic rings. The van der Waals surface area contributed by atoms with Crippen molar-refractivity contribution in [2.75, 3.05) is 0 Å². The lowest BCUT2D eigenvalue weighted by molar-refractivity contribution is 0.00701. The van der Waals surface area contributed by atoms with E-state index in [1.165, 1.54) is 11.0 Å². The summed E-state index contributed by atoms with van der Waals surface area (Å²) in [5.74, 6) is -0.000823. The Balaban J connectivity index is 1.89. The smallest absolute Gasteiger partial charge is 0.138 e. The number of rotatable bonds is 7. The van der Waals surface area contributed by atoms with Crippen molar-refractivity contribution in [1.82, 2.24) is 14.8 Å². The van der Waals surface area contributed by atoms with Crippen LogP contribution in [0.15, 0.2) is 30.6 Å². The van der Waals surface area contributed by atoms with Gasteiger partial charge in [-0.1, -0.05) is 29.8 Å². The number of alkyl halides is 1. The van der Waals surface area contributed by atoms with Gasteiger partial charge in [-0.2, -0.15) is 5.10 Å². The van der Waals surface area contributed by atoms with Gasteiger partial charge < -0.3 is 9.66 Å². The highest BCUT2D eigenvalue weighted by Gasteiger charge is 2.58. The summed E-state index contributed by atoms with van der Waals surface area (Å²) in [6.45, 7) is 0.0499. The van der Waals surface area contributed by atoms with Gasteiger partial charge in [-0.05, 0) is 35.6 Å². The van der Waals surface area contributed by atoms with Crippen LogP contribution in [-0.2, 0) is 29.8 Å². The Morgan fingerprint density at radius 2 is 2.12 bits per heavy atom. The molecule has 0 bridgehead atoms. The van der Waals surface area contributed by atoms with Gasteiger partial charge in [-0.3, -0.25) is 4.21 Å². The fourth-order valence-corrected chi connectivity index (χ4v) is 3.63. The molecule has 130 valence electrons. The number of aromatic nitrogens is 3. The lowest BCUT2D eigenvalue weighted by atomic mass is 9.89. The summed E-state index contributed by atoms with van der Waals surface area (Å²) >= 11 is 10.5. The molecule has 3 rings (SSSR count). The van der Waals surface area contributed by atoms with Crippen LogP contribution in [0.3, 0.4) is 0 Å². The van der Waals surface area contributed by atoms with Gasteiger partial charge in [-0.15, -0.1) is 11.6 Å². The molecule has 9 heteroatoms. The van der Waals surface area contributed by atoms with E-state index in [1.807, 2.05) is 18.2 Å². The van der Waals surface area contributed by atoms with Crippen molar-refractivity contribution in [2.24, 2.45) is 0 Å². The first-order valence-electron chi connectivity index (χ1n) is 7.40. The quantitative estimate of drug-likeness (QED) is 0.578. The fourth-order valence-electron chi connectivity index (χ4n) is 2.77. The van der Waals surface area contributed by atoms with E-state index in [2.05, 4.69) is 10.1 Å². The molecule has 6 nitrogen and oxygen atoms in total. The number of halogens is 2. The van der Waals surface area contributed by atoms with Crippen LogP contribution < -0.4 is 0 Å². The van der Waals surface area contributed by atoms with Crippen molar-refractivity contribution in [3.8, 4) is 0 Å². The maximum atomic E-state index is 11.3. The van der Waals surface area contributed by atoms with Gasteiger partial charge in [0.1, 0.15) is 17.8 Å². The first-order valence-corrected chi connectivity index (χ1v) is 9.40. The summed E-state index contributed by atoms with van der Waals surface area (Å²) in [4.78, 5) is 3.17. The van der Waals surface area contributed by atoms with Crippen LogP contribution in [0.4, 0.5) is 0 Å². The highest BCUT2D eigenvalue weighted by molar-refractivity contribution is 7.78. The van der Waals surface area contributed by atoms with Gasteiger partial charge in [0.25, 0.3) is 0 Å². The van der Waals surface area contributed by atoms with E-state index >= 15 is 0 Å². The predicted molar refractivity (Wildman–Crippen MR) is 90.6 cm³/mol. The second kappa shape index (κ2) is 6.72. The van der Waals surface area contributed by atoms with Crippen LogP contribution >= 0.6 is 23.2 Å². The van der Waals surface area contributed by atoms with Crippen molar-refractivity contribution in [3.63, 3.8) is 0 Å². The Morgan fingerprint density at radius 1 is 1.42 bits per heavy atom. The highest BCUT2D eigenvalue weighted by Crippen LogP contribution is 2.53. The van der Waals surface area contributed by atoms with Crippen LogP contribution in [0.5, 0.6) is 0 Å². The Morgan fingerprint density at radius 3 is 2.75 bits per heavy atom. The molecule has 1 aromatic carbocycles. The zero-order valence-electron chi connectivity index (χ0n) is 12.7. The lowest BCUT2D eigenvalue weighted by Crippen LogP contribution is -2.47. The second-order valence-corrected chi connectivity index (χ2v) is 8.07. The van der Waals surface area contributed by atoms with Gasteiger partial charge in [0.2, 0.25) is 0 Å². The molecule has 24 heavy (non-hydrogen) atoms. The van der Waals surface area contributed by atoms with Gasteiger partial charge in [0.05, 0.1) is 17.2 Å².